The minimum absolute atomic E-state index is 0.135. The lowest BCUT2D eigenvalue weighted by atomic mass is 10.1. The molecule has 3 nitrogen and oxygen atoms in total. The van der Waals surface area contributed by atoms with E-state index in [0.29, 0.717) is 6.54 Å². The average Bonchev–Trinajstić information content (AvgIpc) is 2.47. The molecular formula is C17H18N2O. The number of fused-ring (bicyclic) bond motifs is 1. The largest absolute Gasteiger partial charge is 0.356 e. The predicted molar refractivity (Wildman–Crippen MR) is 82.1 cm³/mol. The Morgan fingerprint density at radius 2 is 1.65 bits per heavy atom. The molecule has 0 unspecified atom stereocenters. The number of carbonyl (C=O) groups excluding carboxylic acids is 1. The zero-order chi connectivity index (χ0) is 14.1. The Labute approximate surface area is 119 Å². The first-order valence-corrected chi connectivity index (χ1v) is 6.81. The Morgan fingerprint density at radius 1 is 1.00 bits per heavy atom. The van der Waals surface area contributed by atoms with Gasteiger partial charge in [0.15, 0.2) is 0 Å². The summed E-state index contributed by atoms with van der Waals surface area (Å²) in [5.41, 5.74) is 4.58. The van der Waals surface area contributed by atoms with E-state index in [1.54, 1.807) is 4.90 Å². The highest BCUT2D eigenvalue weighted by Crippen LogP contribution is 2.33. The van der Waals surface area contributed by atoms with E-state index in [2.05, 4.69) is 42.2 Å². The topological polar surface area (TPSA) is 23.6 Å². The molecule has 0 aliphatic carbocycles. The predicted octanol–water partition coefficient (Wildman–Crippen LogP) is 2.98. The number of hydrogen-bond donors (Lipinski definition) is 0. The van der Waals surface area contributed by atoms with Gasteiger partial charge in [-0.2, -0.15) is 0 Å². The third kappa shape index (κ3) is 2.27. The van der Waals surface area contributed by atoms with Crippen LogP contribution in [0.15, 0.2) is 48.5 Å². The van der Waals surface area contributed by atoms with Crippen molar-refractivity contribution in [2.45, 2.75) is 13.5 Å². The van der Waals surface area contributed by atoms with Crippen LogP contribution in [0.3, 0.4) is 0 Å². The van der Waals surface area contributed by atoms with Crippen LogP contribution in [-0.4, -0.2) is 19.5 Å². The summed E-state index contributed by atoms with van der Waals surface area (Å²) in [5.74, 6) is 0.135. The van der Waals surface area contributed by atoms with E-state index in [4.69, 9.17) is 0 Å². The van der Waals surface area contributed by atoms with Crippen LogP contribution in [0.5, 0.6) is 0 Å². The summed E-state index contributed by atoms with van der Waals surface area (Å²) in [6.45, 7) is 3.27. The molecule has 0 radical (unpaired) electrons. The highest BCUT2D eigenvalue weighted by Gasteiger charge is 2.26. The molecule has 3 rings (SSSR count). The van der Waals surface area contributed by atoms with E-state index in [-0.39, 0.29) is 5.91 Å². The Balaban J connectivity index is 1.92. The van der Waals surface area contributed by atoms with Gasteiger partial charge < -0.3 is 9.80 Å². The average molecular weight is 266 g/mol. The summed E-state index contributed by atoms with van der Waals surface area (Å²) in [7, 11) is 1.84. The van der Waals surface area contributed by atoms with E-state index in [1.807, 2.05) is 25.2 Å². The Hall–Kier alpha value is -2.29. The molecule has 1 aliphatic rings. The fourth-order valence-corrected chi connectivity index (χ4v) is 2.56. The molecule has 102 valence electrons. The SMILES string of the molecule is Cc1ccc(CN2CC(=O)N(C)c3ccccc32)cc1. The van der Waals surface area contributed by atoms with Gasteiger partial charge in [-0.15, -0.1) is 0 Å². The second kappa shape index (κ2) is 5.00. The van der Waals surface area contributed by atoms with Crippen molar-refractivity contribution in [2.24, 2.45) is 0 Å². The van der Waals surface area contributed by atoms with E-state index < -0.39 is 0 Å². The zero-order valence-corrected chi connectivity index (χ0v) is 11.8. The van der Waals surface area contributed by atoms with Gasteiger partial charge in [-0.25, -0.2) is 0 Å². The molecular weight excluding hydrogens is 248 g/mol. The number of rotatable bonds is 2. The molecule has 1 amide bonds. The Morgan fingerprint density at radius 3 is 2.35 bits per heavy atom. The maximum absolute atomic E-state index is 12.1. The summed E-state index contributed by atoms with van der Waals surface area (Å²) >= 11 is 0. The summed E-state index contributed by atoms with van der Waals surface area (Å²) in [4.78, 5) is 16.0. The molecule has 0 fully saturated rings. The number of nitrogens with zero attached hydrogens (tertiary/aromatic N) is 2. The van der Waals surface area contributed by atoms with Crippen molar-refractivity contribution in [1.82, 2.24) is 0 Å². The Bertz CT molecular complexity index is 634. The molecule has 3 heteroatoms. The molecule has 0 saturated carbocycles. The highest BCUT2D eigenvalue weighted by atomic mass is 16.2. The standard InChI is InChI=1S/C17H18N2O/c1-13-7-9-14(10-8-13)11-19-12-17(20)18(2)15-5-3-4-6-16(15)19/h3-10H,11-12H2,1-2H3. The third-order valence-corrected chi connectivity index (χ3v) is 3.78. The highest BCUT2D eigenvalue weighted by molar-refractivity contribution is 6.02. The van der Waals surface area contributed by atoms with Crippen LogP contribution in [0.2, 0.25) is 0 Å². The van der Waals surface area contributed by atoms with Gasteiger partial charge in [-0.3, -0.25) is 4.79 Å². The number of anilines is 2. The molecule has 0 saturated heterocycles. The van der Waals surface area contributed by atoms with Crippen LogP contribution in [0.4, 0.5) is 11.4 Å². The van der Waals surface area contributed by atoms with Crippen molar-refractivity contribution in [3.05, 3.63) is 59.7 Å². The summed E-state index contributed by atoms with van der Waals surface area (Å²) in [6, 6.07) is 16.5. The third-order valence-electron chi connectivity index (χ3n) is 3.78. The van der Waals surface area contributed by atoms with Crippen molar-refractivity contribution >= 4 is 17.3 Å². The number of amides is 1. The first-order valence-electron chi connectivity index (χ1n) is 6.81. The molecule has 1 heterocycles. The molecule has 2 aromatic carbocycles. The van der Waals surface area contributed by atoms with Crippen LogP contribution in [0.1, 0.15) is 11.1 Å². The number of likely N-dealkylation sites (N-methyl/N-ethyl adjacent to an activating group) is 1. The van der Waals surface area contributed by atoms with Crippen LogP contribution in [0, 0.1) is 6.92 Å². The first-order chi connectivity index (χ1) is 9.65. The lowest BCUT2D eigenvalue weighted by Crippen LogP contribution is -2.43. The van der Waals surface area contributed by atoms with Gasteiger partial charge in [-0.1, -0.05) is 42.0 Å². The fourth-order valence-electron chi connectivity index (χ4n) is 2.56. The maximum atomic E-state index is 12.1. The van der Waals surface area contributed by atoms with Gasteiger partial charge in [0.05, 0.1) is 17.9 Å². The molecule has 2 aromatic rings. The quantitative estimate of drug-likeness (QED) is 0.834. The number of aryl methyl sites for hydroxylation is 1. The minimum Gasteiger partial charge on any atom is -0.356 e. The van der Waals surface area contributed by atoms with Gasteiger partial charge in [0.2, 0.25) is 5.91 Å². The number of hydrogen-bond acceptors (Lipinski definition) is 2. The molecule has 1 aliphatic heterocycles. The van der Waals surface area contributed by atoms with Crippen LogP contribution < -0.4 is 9.80 Å². The van der Waals surface area contributed by atoms with Crippen molar-refractivity contribution in [3.63, 3.8) is 0 Å². The Kier molecular flexibility index (Phi) is 3.18. The number of carbonyl (C=O) groups is 1. The van der Waals surface area contributed by atoms with Crippen LogP contribution in [0.25, 0.3) is 0 Å². The van der Waals surface area contributed by atoms with Crippen LogP contribution >= 0.6 is 0 Å². The normalized spacial score (nSPS) is 14.4. The summed E-state index contributed by atoms with van der Waals surface area (Å²) < 4.78 is 0. The smallest absolute Gasteiger partial charge is 0.246 e. The van der Waals surface area contributed by atoms with Crippen molar-refractivity contribution in [2.75, 3.05) is 23.4 Å². The van der Waals surface area contributed by atoms with E-state index in [0.717, 1.165) is 17.9 Å². The number of benzene rings is 2. The molecule has 0 atom stereocenters. The molecule has 0 spiro atoms. The molecule has 0 N–H and O–H groups in total. The molecule has 20 heavy (non-hydrogen) atoms. The lowest BCUT2D eigenvalue weighted by Gasteiger charge is -2.35. The maximum Gasteiger partial charge on any atom is 0.246 e. The van der Waals surface area contributed by atoms with Gasteiger partial charge in [-0.05, 0) is 24.6 Å². The second-order valence-electron chi connectivity index (χ2n) is 5.28. The van der Waals surface area contributed by atoms with E-state index >= 15 is 0 Å². The lowest BCUT2D eigenvalue weighted by molar-refractivity contribution is -0.117. The zero-order valence-electron chi connectivity index (χ0n) is 11.8. The van der Waals surface area contributed by atoms with Crippen LogP contribution in [-0.2, 0) is 11.3 Å². The van der Waals surface area contributed by atoms with E-state index in [1.165, 1.54) is 11.1 Å². The van der Waals surface area contributed by atoms with E-state index in [9.17, 15) is 4.79 Å². The fraction of sp³-hybridized carbons (Fsp3) is 0.235. The van der Waals surface area contributed by atoms with Gasteiger partial charge in [0.1, 0.15) is 0 Å². The summed E-state index contributed by atoms with van der Waals surface area (Å²) in [6.07, 6.45) is 0. The van der Waals surface area contributed by atoms with Crippen molar-refractivity contribution < 1.29 is 4.79 Å². The minimum atomic E-state index is 0.135. The van der Waals surface area contributed by atoms with Crippen molar-refractivity contribution in [1.29, 1.82) is 0 Å². The monoisotopic (exact) mass is 266 g/mol. The molecule has 0 bridgehead atoms. The first kappa shape index (κ1) is 12.7. The number of para-hydroxylation sites is 2. The van der Waals surface area contributed by atoms with Gasteiger partial charge >= 0.3 is 0 Å². The second-order valence-corrected chi connectivity index (χ2v) is 5.28. The summed E-state index contributed by atoms with van der Waals surface area (Å²) in [5, 5.41) is 0. The van der Waals surface area contributed by atoms with Gasteiger partial charge in [0.25, 0.3) is 0 Å². The van der Waals surface area contributed by atoms with Gasteiger partial charge in [0, 0.05) is 13.6 Å². The van der Waals surface area contributed by atoms with Crippen molar-refractivity contribution in [3.8, 4) is 0 Å². The molecule has 0 aromatic heterocycles.